The molecule has 0 aliphatic carbocycles. The second-order valence-electron chi connectivity index (χ2n) is 1.03. The molecule has 2 N–H and O–H groups in total. The van der Waals surface area contributed by atoms with Gasteiger partial charge in [-0.1, -0.05) is 0 Å². The molecule has 0 atom stereocenters. The zero-order valence-corrected chi connectivity index (χ0v) is 6.04. The highest BCUT2D eigenvalue weighted by Gasteiger charge is 1.85. The van der Waals surface area contributed by atoms with Crippen LogP contribution in [0.25, 0.3) is 0 Å². The van der Waals surface area contributed by atoms with Crippen LogP contribution < -0.4 is 5.73 Å². The minimum Gasteiger partial charge on any atom is -0.404 e. The van der Waals surface area contributed by atoms with Gasteiger partial charge in [0.15, 0.2) is 0 Å². The molecule has 0 aliphatic rings. The lowest BCUT2D eigenvalue weighted by Crippen LogP contribution is -1.83. The van der Waals surface area contributed by atoms with E-state index in [4.69, 9.17) is 16.4 Å². The molecule has 0 amide bonds. The Kier molecular flexibility index (Phi) is 4.90. The van der Waals surface area contributed by atoms with Gasteiger partial charge in [-0.25, -0.2) is 0 Å². The standard InChI is InChI=1S/C4H7ClN2S/c1-7-3-4(2-6)8-5/h2-3H,6H2,1H3. The van der Waals surface area contributed by atoms with E-state index in [1.54, 1.807) is 13.3 Å². The molecule has 0 fully saturated rings. The minimum absolute atomic E-state index is 0.758. The fourth-order valence-corrected chi connectivity index (χ4v) is 0.686. The monoisotopic (exact) mass is 150 g/mol. The molecule has 0 radical (unpaired) electrons. The molecule has 0 bridgehead atoms. The Bertz CT molecular complexity index is 108. The number of aliphatic imine (C=N–C) groups is 1. The topological polar surface area (TPSA) is 38.4 Å². The summed E-state index contributed by atoms with van der Waals surface area (Å²) < 4.78 is 0. The lowest BCUT2D eigenvalue weighted by atomic mass is 10.6. The van der Waals surface area contributed by atoms with Crippen molar-refractivity contribution >= 4 is 27.9 Å². The Hall–Kier alpha value is -0.150. The van der Waals surface area contributed by atoms with E-state index in [0.29, 0.717) is 0 Å². The van der Waals surface area contributed by atoms with Crippen molar-refractivity contribution in [2.75, 3.05) is 7.05 Å². The summed E-state index contributed by atoms with van der Waals surface area (Å²) in [5.41, 5.74) is 5.11. The zero-order valence-electron chi connectivity index (χ0n) is 4.47. The Morgan fingerprint density at radius 3 is 2.62 bits per heavy atom. The highest BCUT2D eigenvalue weighted by atomic mass is 35.7. The molecule has 0 saturated carbocycles. The number of hydrogen-bond donors (Lipinski definition) is 1. The van der Waals surface area contributed by atoms with Crippen LogP contribution in [0.2, 0.25) is 0 Å². The smallest absolute Gasteiger partial charge is 0.0566 e. The second kappa shape index (κ2) is 5.00. The lowest BCUT2D eigenvalue weighted by Gasteiger charge is -1.85. The number of rotatable bonds is 2. The van der Waals surface area contributed by atoms with E-state index in [9.17, 15) is 0 Å². The molecule has 4 heteroatoms. The summed E-state index contributed by atoms with van der Waals surface area (Å²) in [7, 11) is 8.04. The molecule has 0 unspecified atom stereocenters. The Morgan fingerprint density at radius 1 is 1.88 bits per heavy atom. The van der Waals surface area contributed by atoms with E-state index in [0.717, 1.165) is 15.9 Å². The van der Waals surface area contributed by atoms with Gasteiger partial charge in [0.25, 0.3) is 0 Å². The first-order chi connectivity index (χ1) is 3.85. The van der Waals surface area contributed by atoms with Gasteiger partial charge in [-0.2, -0.15) is 0 Å². The molecular weight excluding hydrogens is 144 g/mol. The average Bonchev–Trinajstić information content (AvgIpc) is 1.83. The van der Waals surface area contributed by atoms with Gasteiger partial charge in [0.1, 0.15) is 0 Å². The Morgan fingerprint density at radius 2 is 2.50 bits per heavy atom. The number of hydrogen-bond acceptors (Lipinski definition) is 3. The molecule has 0 rings (SSSR count). The molecular formula is C4H7ClN2S. The van der Waals surface area contributed by atoms with Crippen molar-refractivity contribution in [2.45, 2.75) is 0 Å². The molecule has 0 aliphatic heterocycles. The van der Waals surface area contributed by atoms with Crippen molar-refractivity contribution in [1.29, 1.82) is 0 Å². The van der Waals surface area contributed by atoms with Crippen molar-refractivity contribution in [1.82, 2.24) is 0 Å². The van der Waals surface area contributed by atoms with E-state index in [-0.39, 0.29) is 0 Å². The summed E-state index contributed by atoms with van der Waals surface area (Å²) >= 11 is 0. The van der Waals surface area contributed by atoms with Gasteiger partial charge in [0, 0.05) is 19.5 Å². The third kappa shape index (κ3) is 2.93. The third-order valence-electron chi connectivity index (χ3n) is 0.510. The highest BCUT2D eigenvalue weighted by molar-refractivity contribution is 8.24. The Labute approximate surface area is 57.3 Å². The molecule has 0 saturated heterocycles. The van der Waals surface area contributed by atoms with E-state index >= 15 is 0 Å². The SMILES string of the molecule is CN=CC(=CN)SCl. The molecule has 46 valence electrons. The summed E-state index contributed by atoms with van der Waals surface area (Å²) in [6, 6.07) is 0. The van der Waals surface area contributed by atoms with Crippen molar-refractivity contribution in [3.63, 3.8) is 0 Å². The van der Waals surface area contributed by atoms with Crippen LogP contribution >= 0.6 is 21.7 Å². The van der Waals surface area contributed by atoms with Gasteiger partial charge in [0.2, 0.25) is 0 Å². The maximum Gasteiger partial charge on any atom is 0.0566 e. The maximum atomic E-state index is 5.32. The second-order valence-corrected chi connectivity index (χ2v) is 2.12. The molecule has 0 heterocycles. The number of nitrogens with two attached hydrogens (primary N) is 1. The molecule has 0 aromatic carbocycles. The normalized spacial score (nSPS) is 13.0. The lowest BCUT2D eigenvalue weighted by molar-refractivity contribution is 1.47. The minimum atomic E-state index is 0.758. The quantitative estimate of drug-likeness (QED) is 0.604. The van der Waals surface area contributed by atoms with Crippen molar-refractivity contribution < 1.29 is 0 Å². The van der Waals surface area contributed by atoms with Crippen LogP contribution in [-0.4, -0.2) is 13.3 Å². The first-order valence-electron chi connectivity index (χ1n) is 1.97. The van der Waals surface area contributed by atoms with Crippen LogP contribution in [0.1, 0.15) is 0 Å². The summed E-state index contributed by atoms with van der Waals surface area (Å²) in [5, 5.41) is 0. The number of allylic oxidation sites excluding steroid dienone is 1. The van der Waals surface area contributed by atoms with Gasteiger partial charge in [-0.05, 0) is 21.7 Å². The first-order valence-corrected chi connectivity index (χ1v) is 3.62. The fraction of sp³-hybridized carbons (Fsp3) is 0.250. The summed E-state index contributed by atoms with van der Waals surface area (Å²) in [5.74, 6) is 0. The van der Waals surface area contributed by atoms with Gasteiger partial charge in [-0.3, -0.25) is 4.99 Å². The van der Waals surface area contributed by atoms with Gasteiger partial charge in [0.05, 0.1) is 4.91 Å². The molecule has 0 aromatic heterocycles. The van der Waals surface area contributed by atoms with Gasteiger partial charge in [-0.15, -0.1) is 0 Å². The largest absolute Gasteiger partial charge is 0.404 e. The van der Waals surface area contributed by atoms with E-state index < -0.39 is 0 Å². The Balaban J connectivity index is 3.72. The van der Waals surface area contributed by atoms with Crippen LogP contribution in [0.3, 0.4) is 0 Å². The molecule has 8 heavy (non-hydrogen) atoms. The number of nitrogens with zero attached hydrogens (tertiary/aromatic N) is 1. The van der Waals surface area contributed by atoms with E-state index in [1.165, 1.54) is 6.20 Å². The van der Waals surface area contributed by atoms with Crippen LogP contribution in [0, 0.1) is 0 Å². The summed E-state index contributed by atoms with van der Waals surface area (Å²) in [6.07, 6.45) is 3.00. The predicted molar refractivity (Wildman–Crippen MR) is 40.1 cm³/mol. The zero-order chi connectivity index (χ0) is 6.41. The van der Waals surface area contributed by atoms with Crippen LogP contribution in [-0.2, 0) is 0 Å². The van der Waals surface area contributed by atoms with Gasteiger partial charge >= 0.3 is 0 Å². The first kappa shape index (κ1) is 7.85. The maximum absolute atomic E-state index is 5.32. The highest BCUT2D eigenvalue weighted by Crippen LogP contribution is 2.15. The molecule has 0 spiro atoms. The molecule has 2 nitrogen and oxygen atoms in total. The van der Waals surface area contributed by atoms with Crippen LogP contribution in [0.5, 0.6) is 0 Å². The van der Waals surface area contributed by atoms with Crippen molar-refractivity contribution in [3.8, 4) is 0 Å². The fourth-order valence-electron chi connectivity index (χ4n) is 0.216. The number of halogens is 1. The third-order valence-corrected chi connectivity index (χ3v) is 1.46. The van der Waals surface area contributed by atoms with Crippen LogP contribution in [0.15, 0.2) is 16.1 Å². The predicted octanol–water partition coefficient (Wildman–Crippen LogP) is 1.37. The van der Waals surface area contributed by atoms with Crippen molar-refractivity contribution in [3.05, 3.63) is 11.1 Å². The van der Waals surface area contributed by atoms with E-state index in [1.807, 2.05) is 0 Å². The molecule has 0 aromatic rings. The summed E-state index contributed by atoms with van der Waals surface area (Å²) in [4.78, 5) is 4.46. The average molecular weight is 151 g/mol. The van der Waals surface area contributed by atoms with Crippen molar-refractivity contribution in [2.24, 2.45) is 10.7 Å². The van der Waals surface area contributed by atoms with Gasteiger partial charge < -0.3 is 5.73 Å². The summed E-state index contributed by atoms with van der Waals surface area (Å²) in [6.45, 7) is 0. The van der Waals surface area contributed by atoms with Crippen LogP contribution in [0.4, 0.5) is 0 Å². The van der Waals surface area contributed by atoms with E-state index in [2.05, 4.69) is 4.99 Å².